The number of hydrogen-bond acceptors (Lipinski definition) is 2. The van der Waals surface area contributed by atoms with Crippen LogP contribution in [-0.4, -0.2) is 18.2 Å². The molecule has 0 spiro atoms. The summed E-state index contributed by atoms with van der Waals surface area (Å²) in [5.41, 5.74) is -0.0314. The fraction of sp³-hybridized carbons (Fsp3) is 0.308. The highest BCUT2D eigenvalue weighted by atomic mass is 79.9. The van der Waals surface area contributed by atoms with Gasteiger partial charge in [0.05, 0.1) is 17.0 Å². The molecule has 1 N–H and O–H groups in total. The van der Waals surface area contributed by atoms with E-state index in [1.807, 2.05) is 18.2 Å². The molecular weight excluding hydrogens is 284 g/mol. The Labute approximate surface area is 109 Å². The van der Waals surface area contributed by atoms with Crippen LogP contribution in [0.5, 0.6) is 5.75 Å². The second-order valence-corrected chi connectivity index (χ2v) is 4.93. The molecule has 92 valence electrons. The van der Waals surface area contributed by atoms with Crippen LogP contribution in [0, 0.1) is 5.41 Å². The standard InChI is InChI=1S/C13H15BrO3/c1-4-13(2,12(15)16)8-9-5-6-11(17-3)10(14)7-9/h4-7H,1,8H2,2-3H3,(H,15,16). The Bertz CT molecular complexity index is 442. The fourth-order valence-electron chi connectivity index (χ4n) is 1.48. The maximum atomic E-state index is 11.2. The van der Waals surface area contributed by atoms with Gasteiger partial charge in [-0.05, 0) is 47.0 Å². The molecule has 1 aromatic rings. The van der Waals surface area contributed by atoms with Crippen molar-refractivity contribution in [2.24, 2.45) is 5.41 Å². The van der Waals surface area contributed by atoms with Gasteiger partial charge in [0, 0.05) is 0 Å². The Hall–Kier alpha value is -1.29. The first-order valence-corrected chi connectivity index (χ1v) is 5.91. The van der Waals surface area contributed by atoms with Crippen LogP contribution < -0.4 is 4.74 Å². The minimum atomic E-state index is -0.950. The van der Waals surface area contributed by atoms with Crippen molar-refractivity contribution in [1.29, 1.82) is 0 Å². The summed E-state index contributed by atoms with van der Waals surface area (Å²) in [5.74, 6) is -0.149. The highest BCUT2D eigenvalue weighted by molar-refractivity contribution is 9.10. The molecule has 1 atom stereocenters. The van der Waals surface area contributed by atoms with E-state index in [4.69, 9.17) is 9.84 Å². The molecule has 0 amide bonds. The summed E-state index contributed by atoms with van der Waals surface area (Å²) in [6.45, 7) is 5.24. The van der Waals surface area contributed by atoms with Crippen molar-refractivity contribution in [3.63, 3.8) is 0 Å². The van der Waals surface area contributed by atoms with Crippen LogP contribution >= 0.6 is 15.9 Å². The molecule has 0 aliphatic carbocycles. The Morgan fingerprint density at radius 3 is 2.71 bits per heavy atom. The number of carbonyl (C=O) groups is 1. The van der Waals surface area contributed by atoms with E-state index in [1.165, 1.54) is 6.08 Å². The van der Waals surface area contributed by atoms with E-state index in [2.05, 4.69) is 22.5 Å². The zero-order valence-corrected chi connectivity index (χ0v) is 11.5. The lowest BCUT2D eigenvalue weighted by Crippen LogP contribution is -2.27. The maximum absolute atomic E-state index is 11.2. The van der Waals surface area contributed by atoms with Gasteiger partial charge in [-0.25, -0.2) is 0 Å². The van der Waals surface area contributed by atoms with Crippen molar-refractivity contribution in [1.82, 2.24) is 0 Å². The van der Waals surface area contributed by atoms with Crippen LogP contribution in [0.15, 0.2) is 35.3 Å². The molecule has 0 fully saturated rings. The average molecular weight is 299 g/mol. The van der Waals surface area contributed by atoms with Gasteiger partial charge >= 0.3 is 5.97 Å². The van der Waals surface area contributed by atoms with Crippen LogP contribution in [0.4, 0.5) is 0 Å². The van der Waals surface area contributed by atoms with Crippen molar-refractivity contribution >= 4 is 21.9 Å². The van der Waals surface area contributed by atoms with Gasteiger partial charge in [-0.1, -0.05) is 12.1 Å². The minimum absolute atomic E-state index is 0.397. The molecule has 1 unspecified atom stereocenters. The molecule has 0 saturated heterocycles. The second-order valence-electron chi connectivity index (χ2n) is 4.07. The number of benzene rings is 1. The summed E-state index contributed by atoms with van der Waals surface area (Å²) in [5, 5.41) is 9.16. The molecule has 1 rings (SSSR count). The van der Waals surface area contributed by atoms with Crippen molar-refractivity contribution in [3.8, 4) is 5.75 Å². The molecule has 4 heteroatoms. The molecule has 0 radical (unpaired) electrons. The summed E-state index contributed by atoms with van der Waals surface area (Å²) in [4.78, 5) is 11.2. The summed E-state index contributed by atoms with van der Waals surface area (Å²) < 4.78 is 5.93. The quantitative estimate of drug-likeness (QED) is 0.849. The molecule has 0 aromatic heterocycles. The minimum Gasteiger partial charge on any atom is -0.496 e. The lowest BCUT2D eigenvalue weighted by atomic mass is 9.84. The summed E-state index contributed by atoms with van der Waals surface area (Å²) in [6, 6.07) is 5.53. The SMILES string of the molecule is C=CC(C)(Cc1ccc(OC)c(Br)c1)C(=O)O. The van der Waals surface area contributed by atoms with Crippen LogP contribution in [-0.2, 0) is 11.2 Å². The first kappa shape index (κ1) is 13.8. The van der Waals surface area contributed by atoms with Gasteiger partial charge in [-0.3, -0.25) is 4.79 Å². The van der Waals surface area contributed by atoms with E-state index in [-0.39, 0.29) is 0 Å². The number of halogens is 1. The number of rotatable bonds is 5. The van der Waals surface area contributed by atoms with E-state index in [1.54, 1.807) is 14.0 Å². The van der Waals surface area contributed by atoms with Crippen molar-refractivity contribution in [2.75, 3.05) is 7.11 Å². The van der Waals surface area contributed by atoms with E-state index < -0.39 is 11.4 Å². The largest absolute Gasteiger partial charge is 0.496 e. The molecule has 0 saturated carbocycles. The first-order valence-electron chi connectivity index (χ1n) is 5.12. The third-order valence-corrected chi connectivity index (χ3v) is 3.35. The topological polar surface area (TPSA) is 46.5 Å². The van der Waals surface area contributed by atoms with Crippen LogP contribution in [0.2, 0.25) is 0 Å². The predicted molar refractivity (Wildman–Crippen MR) is 70.3 cm³/mol. The molecule has 0 heterocycles. The lowest BCUT2D eigenvalue weighted by molar-refractivity contribution is -0.145. The van der Waals surface area contributed by atoms with Gasteiger partial charge in [0.15, 0.2) is 0 Å². The number of carboxylic acids is 1. The van der Waals surface area contributed by atoms with Crippen LogP contribution in [0.1, 0.15) is 12.5 Å². The summed E-state index contributed by atoms with van der Waals surface area (Å²) in [6.07, 6.45) is 1.86. The van der Waals surface area contributed by atoms with Crippen LogP contribution in [0.3, 0.4) is 0 Å². The number of aliphatic carboxylic acids is 1. The molecule has 0 aliphatic rings. The molecule has 0 bridgehead atoms. The Kier molecular flexibility index (Phi) is 4.34. The van der Waals surface area contributed by atoms with Crippen molar-refractivity contribution in [3.05, 3.63) is 40.9 Å². The summed E-state index contributed by atoms with van der Waals surface area (Å²) in [7, 11) is 1.59. The molecule has 3 nitrogen and oxygen atoms in total. The molecular formula is C13H15BrO3. The Morgan fingerprint density at radius 1 is 1.65 bits per heavy atom. The predicted octanol–water partition coefficient (Wildman–Crippen LogP) is 3.28. The number of hydrogen-bond donors (Lipinski definition) is 1. The first-order chi connectivity index (χ1) is 7.92. The Morgan fingerprint density at radius 2 is 2.29 bits per heavy atom. The highest BCUT2D eigenvalue weighted by Gasteiger charge is 2.29. The van der Waals surface area contributed by atoms with Crippen LogP contribution in [0.25, 0.3) is 0 Å². The fourth-order valence-corrected chi connectivity index (χ4v) is 2.07. The van der Waals surface area contributed by atoms with Gasteiger partial charge in [-0.15, -0.1) is 6.58 Å². The molecule has 17 heavy (non-hydrogen) atoms. The van der Waals surface area contributed by atoms with Gasteiger partial charge < -0.3 is 9.84 Å². The van der Waals surface area contributed by atoms with Gasteiger partial charge in [0.1, 0.15) is 5.75 Å². The number of ether oxygens (including phenoxy) is 1. The molecule has 0 aliphatic heterocycles. The third kappa shape index (κ3) is 3.09. The average Bonchev–Trinajstić information content (AvgIpc) is 2.29. The van der Waals surface area contributed by atoms with Crippen molar-refractivity contribution in [2.45, 2.75) is 13.3 Å². The van der Waals surface area contributed by atoms with Gasteiger partial charge in [0.25, 0.3) is 0 Å². The maximum Gasteiger partial charge on any atom is 0.313 e. The summed E-state index contributed by atoms with van der Waals surface area (Å²) >= 11 is 3.38. The highest BCUT2D eigenvalue weighted by Crippen LogP contribution is 2.30. The zero-order chi connectivity index (χ0) is 13.1. The smallest absolute Gasteiger partial charge is 0.313 e. The lowest BCUT2D eigenvalue weighted by Gasteiger charge is -2.20. The Balaban J connectivity index is 2.99. The zero-order valence-electron chi connectivity index (χ0n) is 9.87. The second kappa shape index (κ2) is 5.36. The van der Waals surface area contributed by atoms with Gasteiger partial charge in [-0.2, -0.15) is 0 Å². The van der Waals surface area contributed by atoms with E-state index in [0.717, 1.165) is 15.8 Å². The van der Waals surface area contributed by atoms with Gasteiger partial charge in [0.2, 0.25) is 0 Å². The monoisotopic (exact) mass is 298 g/mol. The van der Waals surface area contributed by atoms with Crippen molar-refractivity contribution < 1.29 is 14.6 Å². The number of methoxy groups -OCH3 is 1. The normalized spacial score (nSPS) is 13.8. The van der Waals surface area contributed by atoms with E-state index in [9.17, 15) is 4.79 Å². The third-order valence-electron chi connectivity index (χ3n) is 2.73. The number of carboxylic acid groups (broad SMARTS) is 1. The molecule has 1 aromatic carbocycles. The van der Waals surface area contributed by atoms with E-state index in [0.29, 0.717) is 6.42 Å². The van der Waals surface area contributed by atoms with E-state index >= 15 is 0 Å².